The van der Waals surface area contributed by atoms with Crippen LogP contribution in [0.2, 0.25) is 5.02 Å². The Morgan fingerprint density at radius 3 is 2.65 bits per heavy atom. The van der Waals surface area contributed by atoms with Crippen molar-refractivity contribution in [3.63, 3.8) is 0 Å². The zero-order chi connectivity index (χ0) is 18.5. The number of amides is 1. The molecule has 1 aromatic heterocycles. The van der Waals surface area contributed by atoms with Crippen molar-refractivity contribution < 1.29 is 4.79 Å². The molecule has 0 aliphatic rings. The Morgan fingerprint density at radius 1 is 1.23 bits per heavy atom. The molecule has 0 saturated heterocycles. The summed E-state index contributed by atoms with van der Waals surface area (Å²) in [6.07, 6.45) is 3.66. The summed E-state index contributed by atoms with van der Waals surface area (Å²) in [6, 6.07) is 13.9. The lowest BCUT2D eigenvalue weighted by atomic mass is 10.1. The van der Waals surface area contributed by atoms with Crippen LogP contribution in [0.4, 0.5) is 5.69 Å². The van der Waals surface area contributed by atoms with Gasteiger partial charge in [-0.25, -0.2) is 4.68 Å². The van der Waals surface area contributed by atoms with Crippen LogP contribution in [0.5, 0.6) is 0 Å². The van der Waals surface area contributed by atoms with Gasteiger partial charge >= 0.3 is 0 Å². The molecule has 0 unspecified atom stereocenters. The molecule has 1 N–H and O–H groups in total. The molecule has 134 valence electrons. The molecule has 0 bridgehead atoms. The van der Waals surface area contributed by atoms with Crippen LogP contribution in [0, 0.1) is 13.8 Å². The minimum atomic E-state index is -0.0444. The number of carbonyl (C=O) groups excluding carboxylic acids is 1. The maximum absolute atomic E-state index is 12.2. The zero-order valence-electron chi connectivity index (χ0n) is 14.7. The third kappa shape index (κ3) is 4.68. The number of carbonyl (C=O) groups is 1. The first-order valence-electron chi connectivity index (χ1n) is 8.26. The Hall–Kier alpha value is -2.24. The number of rotatable bonds is 6. The van der Waals surface area contributed by atoms with Crippen LogP contribution in [0.25, 0.3) is 5.69 Å². The van der Waals surface area contributed by atoms with Crippen LogP contribution >= 0.6 is 23.4 Å². The number of hydrogen-bond donors (Lipinski definition) is 1. The minimum absolute atomic E-state index is 0.0444. The molecule has 0 fully saturated rings. The number of benzene rings is 2. The van der Waals surface area contributed by atoms with Crippen molar-refractivity contribution >= 4 is 35.0 Å². The SMILES string of the molecule is Cc1cc(C)c(NC(=O)CSCc2ccc(-n3cccn3)cc2)c(Cl)c1. The molecular weight excluding hydrogens is 366 g/mol. The quantitative estimate of drug-likeness (QED) is 0.648. The number of hydrogen-bond acceptors (Lipinski definition) is 3. The summed E-state index contributed by atoms with van der Waals surface area (Å²) >= 11 is 7.81. The van der Waals surface area contributed by atoms with Gasteiger partial charge < -0.3 is 5.32 Å². The van der Waals surface area contributed by atoms with Gasteiger partial charge in [-0.15, -0.1) is 11.8 Å². The Balaban J connectivity index is 1.51. The highest BCUT2D eigenvalue weighted by Gasteiger charge is 2.09. The number of anilines is 1. The van der Waals surface area contributed by atoms with Crippen molar-refractivity contribution in [3.8, 4) is 5.69 Å². The van der Waals surface area contributed by atoms with E-state index in [4.69, 9.17) is 11.6 Å². The molecule has 0 aliphatic heterocycles. The van der Waals surface area contributed by atoms with E-state index in [0.29, 0.717) is 16.5 Å². The van der Waals surface area contributed by atoms with E-state index in [1.807, 2.05) is 55.1 Å². The number of aryl methyl sites for hydroxylation is 2. The number of aromatic nitrogens is 2. The van der Waals surface area contributed by atoms with Gasteiger partial charge in [-0.3, -0.25) is 4.79 Å². The lowest BCUT2D eigenvalue weighted by molar-refractivity contribution is -0.113. The predicted molar refractivity (Wildman–Crippen MR) is 109 cm³/mol. The van der Waals surface area contributed by atoms with Crippen LogP contribution in [0.3, 0.4) is 0 Å². The fourth-order valence-corrected chi connectivity index (χ4v) is 3.83. The second kappa shape index (κ2) is 8.43. The van der Waals surface area contributed by atoms with Crippen LogP contribution < -0.4 is 5.32 Å². The van der Waals surface area contributed by atoms with Gasteiger partial charge in [-0.1, -0.05) is 29.8 Å². The van der Waals surface area contributed by atoms with Gasteiger partial charge in [0.2, 0.25) is 5.91 Å². The second-order valence-electron chi connectivity index (χ2n) is 6.10. The van der Waals surface area contributed by atoms with Crippen molar-refractivity contribution in [1.82, 2.24) is 9.78 Å². The highest BCUT2D eigenvalue weighted by molar-refractivity contribution is 7.99. The highest BCUT2D eigenvalue weighted by atomic mass is 35.5. The van der Waals surface area contributed by atoms with E-state index in [0.717, 1.165) is 22.6 Å². The maximum atomic E-state index is 12.2. The topological polar surface area (TPSA) is 46.9 Å². The zero-order valence-corrected chi connectivity index (χ0v) is 16.3. The monoisotopic (exact) mass is 385 g/mol. The predicted octanol–water partition coefficient (Wildman–Crippen LogP) is 5.01. The average molecular weight is 386 g/mol. The van der Waals surface area contributed by atoms with E-state index in [-0.39, 0.29) is 5.91 Å². The largest absolute Gasteiger partial charge is 0.324 e. The van der Waals surface area contributed by atoms with Crippen LogP contribution in [-0.4, -0.2) is 21.4 Å². The second-order valence-corrected chi connectivity index (χ2v) is 7.49. The van der Waals surface area contributed by atoms with E-state index in [9.17, 15) is 4.79 Å². The lowest BCUT2D eigenvalue weighted by Gasteiger charge is -2.11. The number of nitrogens with one attached hydrogen (secondary N) is 1. The van der Waals surface area contributed by atoms with Crippen molar-refractivity contribution in [1.29, 1.82) is 0 Å². The first-order valence-corrected chi connectivity index (χ1v) is 9.79. The molecule has 0 spiro atoms. The standard InChI is InChI=1S/C20H20ClN3OS/c1-14-10-15(2)20(18(21)11-14)23-19(25)13-26-12-16-4-6-17(7-5-16)24-9-3-8-22-24/h3-11H,12-13H2,1-2H3,(H,23,25). The molecule has 6 heteroatoms. The Morgan fingerprint density at radius 2 is 2.00 bits per heavy atom. The first-order chi connectivity index (χ1) is 12.5. The minimum Gasteiger partial charge on any atom is -0.324 e. The molecule has 3 rings (SSSR count). The van der Waals surface area contributed by atoms with Crippen molar-refractivity contribution in [3.05, 3.63) is 76.6 Å². The molecule has 3 aromatic rings. The van der Waals surface area contributed by atoms with Crippen LogP contribution in [0.1, 0.15) is 16.7 Å². The van der Waals surface area contributed by atoms with Gasteiger partial charge in [0.25, 0.3) is 0 Å². The van der Waals surface area contributed by atoms with Gasteiger partial charge in [0, 0.05) is 18.1 Å². The average Bonchev–Trinajstić information content (AvgIpc) is 3.13. The fourth-order valence-electron chi connectivity index (χ4n) is 2.68. The molecule has 1 heterocycles. The molecule has 26 heavy (non-hydrogen) atoms. The number of halogens is 1. The Labute approximate surface area is 162 Å². The van der Waals surface area contributed by atoms with Crippen LogP contribution in [0.15, 0.2) is 54.9 Å². The van der Waals surface area contributed by atoms with E-state index in [2.05, 4.69) is 22.5 Å². The van der Waals surface area contributed by atoms with Gasteiger partial charge in [0.05, 0.1) is 22.2 Å². The molecule has 0 saturated carbocycles. The molecular formula is C20H20ClN3OS. The normalized spacial score (nSPS) is 10.7. The molecule has 0 atom stereocenters. The van der Waals surface area contributed by atoms with E-state index in [1.165, 1.54) is 5.56 Å². The summed E-state index contributed by atoms with van der Waals surface area (Å²) < 4.78 is 1.82. The van der Waals surface area contributed by atoms with E-state index in [1.54, 1.807) is 18.0 Å². The lowest BCUT2D eigenvalue weighted by Crippen LogP contribution is -2.15. The molecule has 0 radical (unpaired) electrons. The summed E-state index contributed by atoms with van der Waals surface area (Å²) in [4.78, 5) is 12.2. The molecule has 4 nitrogen and oxygen atoms in total. The Kier molecular flexibility index (Phi) is 6.01. The number of nitrogens with zero attached hydrogens (tertiary/aromatic N) is 2. The van der Waals surface area contributed by atoms with E-state index < -0.39 is 0 Å². The van der Waals surface area contributed by atoms with Gasteiger partial charge in [0.1, 0.15) is 0 Å². The summed E-state index contributed by atoms with van der Waals surface area (Å²) in [6.45, 7) is 3.93. The first kappa shape index (κ1) is 18.5. The maximum Gasteiger partial charge on any atom is 0.234 e. The third-order valence-electron chi connectivity index (χ3n) is 3.90. The molecule has 0 aliphatic carbocycles. The van der Waals surface area contributed by atoms with E-state index >= 15 is 0 Å². The summed E-state index contributed by atoms with van der Waals surface area (Å²) in [7, 11) is 0. The van der Waals surface area contributed by atoms with Gasteiger partial charge in [-0.05, 0) is 54.8 Å². The summed E-state index contributed by atoms with van der Waals surface area (Å²) in [5.41, 5.74) is 4.95. The van der Waals surface area contributed by atoms with Crippen molar-refractivity contribution in [2.75, 3.05) is 11.1 Å². The van der Waals surface area contributed by atoms with Crippen molar-refractivity contribution in [2.45, 2.75) is 19.6 Å². The summed E-state index contributed by atoms with van der Waals surface area (Å²) in [5.74, 6) is 1.11. The molecule has 2 aromatic carbocycles. The number of thioether (sulfide) groups is 1. The van der Waals surface area contributed by atoms with Gasteiger partial charge in [-0.2, -0.15) is 5.10 Å². The van der Waals surface area contributed by atoms with Crippen molar-refractivity contribution in [2.24, 2.45) is 0 Å². The summed E-state index contributed by atoms with van der Waals surface area (Å²) in [5, 5.41) is 7.70. The van der Waals surface area contributed by atoms with Crippen LogP contribution in [-0.2, 0) is 10.5 Å². The smallest absolute Gasteiger partial charge is 0.234 e. The molecule has 1 amide bonds. The fraction of sp³-hybridized carbons (Fsp3) is 0.200. The Bertz CT molecular complexity index is 869. The highest BCUT2D eigenvalue weighted by Crippen LogP contribution is 2.27. The third-order valence-corrected chi connectivity index (χ3v) is 5.21. The van der Waals surface area contributed by atoms with Gasteiger partial charge in [0.15, 0.2) is 0 Å².